The number of imidazole rings is 1. The van der Waals surface area contributed by atoms with E-state index in [2.05, 4.69) is 15.6 Å². The molecule has 8 bridgehead atoms. The van der Waals surface area contributed by atoms with Crippen molar-refractivity contribution in [3.63, 3.8) is 0 Å². The van der Waals surface area contributed by atoms with E-state index < -0.39 is 137 Å². The first-order valence-electron chi connectivity index (χ1n) is 30.8. The normalized spacial score (nSPS) is 32.4. The van der Waals surface area contributed by atoms with E-state index in [1.165, 1.54) is 17.8 Å². The molecule has 28 nitrogen and oxygen atoms in total. The fraction of sp³-hybridized carbons (Fsp3) is 0.619. The van der Waals surface area contributed by atoms with Crippen molar-refractivity contribution in [2.45, 2.75) is 195 Å². The number of phosphoric ester groups is 1. The van der Waals surface area contributed by atoms with Crippen LogP contribution in [0.25, 0.3) is 16.4 Å². The van der Waals surface area contributed by atoms with Gasteiger partial charge < -0.3 is 89.9 Å². The first-order chi connectivity index (χ1) is 42.9. The number of rotatable bonds is 24. The van der Waals surface area contributed by atoms with Gasteiger partial charge >= 0.3 is 16.8 Å². The number of nitrogens with two attached hydrogens (primary N) is 5. The maximum Gasteiger partial charge on any atom is 2.00 e. The number of ether oxygens (including phenoxy) is 1. The fourth-order valence-electron chi connectivity index (χ4n) is 15.8. The van der Waals surface area contributed by atoms with Crippen LogP contribution in [0.1, 0.15) is 150 Å². The largest absolute Gasteiger partial charge is 2.00 e. The number of aliphatic hydroxyl groups excluding tert-OH is 2. The predicted molar refractivity (Wildman–Crippen MR) is 335 cm³/mol. The van der Waals surface area contributed by atoms with E-state index >= 15 is 0 Å². The third-order valence-electron chi connectivity index (χ3n) is 21.1. The number of phosphoric acid groups is 1. The zero-order valence-corrected chi connectivity index (χ0v) is 56.2. The molecule has 0 spiro atoms. The second kappa shape index (κ2) is 27.0. The molecule has 1 radical (unpaired) electrons. The van der Waals surface area contributed by atoms with Crippen molar-refractivity contribution in [2.75, 3.05) is 13.2 Å². The number of nitrogens with zero attached hydrogens (tertiary/aromatic N) is 7. The smallest absolute Gasteiger partial charge is 0.756 e. The number of hydrogen-bond acceptors (Lipinski definition) is 19. The molecule has 1 aromatic carbocycles. The minimum atomic E-state index is -5.32. The molecule has 0 saturated carbocycles. The van der Waals surface area contributed by atoms with Crippen LogP contribution < -0.4 is 44.2 Å². The van der Waals surface area contributed by atoms with Crippen LogP contribution in [-0.2, 0) is 68.7 Å². The number of aromatic nitrogens is 2. The van der Waals surface area contributed by atoms with Gasteiger partial charge in [0.25, 0.3) is 7.82 Å². The molecule has 14 N–H and O–H groups in total. The Morgan fingerprint density at radius 3 is 2.12 bits per heavy atom. The molecule has 7 aliphatic heterocycles. The summed E-state index contributed by atoms with van der Waals surface area (Å²) in [6.45, 7) is 23.9. The van der Waals surface area contributed by atoms with Gasteiger partial charge in [-0.3, -0.25) is 53.1 Å². The number of allylic oxidation sites excluding steroid dienone is 4. The predicted octanol–water partition coefficient (Wildman–Crippen LogP) is 3.18. The molecular formula is C63H86CoN14O14P-. The zero-order chi connectivity index (χ0) is 68.3. The maximum atomic E-state index is 14.4. The third kappa shape index (κ3) is 13.2. The Bertz CT molecular complexity index is 3670. The zero-order valence-electron chi connectivity index (χ0n) is 54.3. The summed E-state index contributed by atoms with van der Waals surface area (Å²) in [7, 11) is -5.32. The van der Waals surface area contributed by atoms with E-state index in [0.29, 0.717) is 56.4 Å². The van der Waals surface area contributed by atoms with E-state index in [4.69, 9.17) is 74.6 Å². The molecule has 3 saturated heterocycles. The average molecular weight is 1350 g/mol. The third-order valence-corrected chi connectivity index (χ3v) is 22.2. The fourth-order valence-corrected chi connectivity index (χ4v) is 16.9. The molecule has 93 heavy (non-hydrogen) atoms. The number of amides is 7. The van der Waals surface area contributed by atoms with Crippen molar-refractivity contribution in [3.05, 3.63) is 75.8 Å². The van der Waals surface area contributed by atoms with Crippen molar-refractivity contribution >= 4 is 77.3 Å². The standard InChI is InChI=1S/C62H88N13O14P.CN.Co/c1-29-20-37-38(21-30(29)2)75(28-69-37)56-51(84)52(39(27-76)87-56)89-90(85,86)88-31(3)26-68-47(82)17-18-58(8)36(22-45(66)80)55-61(11)59(9,24-46(67)81)35(13-15-43(64)78)50(74-61)33(5)54-60(10)25-48(83)73-62(60,19-16-44(65)79)41(71-54)23-40-57(6,7)34(12-14-42(63)77)49(70-40)32(4)53(58)72-55;1-2;/h20-21,23,28,31,34-36,39,51-52,55-56,76,84H,12-19,22,24-27H2,1-11H3,(H14,63,64,65,66,67,68,70,71,72,73,74,77,78,79,80,81,82,83,85,86);;/q;-1;+2/p-2. The van der Waals surface area contributed by atoms with E-state index in [-0.39, 0.29) is 99.9 Å². The Balaban J connectivity index is 0.00000404. The van der Waals surface area contributed by atoms with E-state index in [1.807, 2.05) is 87.4 Å². The maximum absolute atomic E-state index is 14.4. The topological polar surface area (TPSA) is 475 Å². The van der Waals surface area contributed by atoms with Gasteiger partial charge in [0.05, 0.1) is 52.6 Å². The summed E-state index contributed by atoms with van der Waals surface area (Å²) in [5, 5.41) is 39.6. The van der Waals surface area contributed by atoms with Crippen molar-refractivity contribution in [1.82, 2.24) is 20.2 Å². The van der Waals surface area contributed by atoms with Gasteiger partial charge in [0.1, 0.15) is 18.3 Å². The summed E-state index contributed by atoms with van der Waals surface area (Å²) in [5.74, 6) is -6.34. The molecule has 9 rings (SSSR count). The van der Waals surface area contributed by atoms with Gasteiger partial charge in [0.2, 0.25) is 41.4 Å². The Kier molecular flexibility index (Phi) is 21.3. The molecule has 8 heterocycles. The second-order valence-electron chi connectivity index (χ2n) is 27.3. The molecule has 7 aliphatic rings. The number of aryl methyl sites for hydroxylation is 2. The first-order valence-corrected chi connectivity index (χ1v) is 32.3. The monoisotopic (exact) mass is 1350 g/mol. The van der Waals surface area contributed by atoms with Gasteiger partial charge in [-0.2, -0.15) is 5.70 Å². The Morgan fingerprint density at radius 2 is 1.52 bits per heavy atom. The van der Waals surface area contributed by atoms with E-state index in [1.54, 1.807) is 0 Å². The van der Waals surface area contributed by atoms with Crippen LogP contribution in [0.2, 0.25) is 0 Å². The van der Waals surface area contributed by atoms with Crippen molar-refractivity contribution < 1.29 is 83.8 Å². The summed E-state index contributed by atoms with van der Waals surface area (Å²) >= 11 is 0. The van der Waals surface area contributed by atoms with Gasteiger partial charge in [-0.15, -0.1) is 0 Å². The van der Waals surface area contributed by atoms with Gasteiger partial charge in [0, 0.05) is 96.7 Å². The first kappa shape index (κ1) is 73.4. The van der Waals surface area contributed by atoms with E-state index in [0.717, 1.165) is 11.1 Å². The average Bonchev–Trinajstić information content (AvgIpc) is 1.53. The number of fused-ring (bicyclic) bond motifs is 10. The molecule has 15 atom stereocenters. The summed E-state index contributed by atoms with van der Waals surface area (Å²) in [6, 6.07) is 2.67. The Labute approximate surface area is 550 Å². The molecular weight excluding hydrogens is 1270 g/mol. The molecule has 2 aromatic rings. The Morgan fingerprint density at radius 1 is 0.892 bits per heavy atom. The number of aliphatic imine (C=N–C) groups is 3. The molecule has 0 aliphatic carbocycles. The van der Waals surface area contributed by atoms with Gasteiger partial charge in [-0.1, -0.05) is 40.7 Å². The SMILES string of the molecule is CC1=C2[N-]C(C(CC(N)=O)C2(C)CCC(=O)NCC(C)OP(=O)([O-])OC2C(CO)OC(n3cnc4cc(C)c(C)cc43)C2O)C2(C)N=C(C(C)=C3N=C(C=C4N=C1C(CCC(N)=O)C4(C)C)C1(CCC(N)=O)NC(=O)CC31C)C(CCC(N)=O)C2(C)CC(N)=O.[C-]#N.[Co+2]. The van der Waals surface area contributed by atoms with Gasteiger partial charge in [0.15, 0.2) is 6.23 Å². The number of carbonyl (C=O) groups is 7. The van der Waals surface area contributed by atoms with E-state index in [9.17, 15) is 53.2 Å². The number of primary amides is 5. The molecule has 1 aromatic heterocycles. The molecule has 3 fully saturated rings. The van der Waals surface area contributed by atoms with Crippen molar-refractivity contribution in [3.8, 4) is 0 Å². The number of aliphatic hydroxyl groups is 2. The molecule has 507 valence electrons. The van der Waals surface area contributed by atoms with Crippen LogP contribution in [-0.4, -0.2) is 133 Å². The second-order valence-corrected chi connectivity index (χ2v) is 28.6. The van der Waals surface area contributed by atoms with Crippen LogP contribution in [0.15, 0.2) is 67.8 Å². The summed E-state index contributed by atoms with van der Waals surface area (Å²) in [5.41, 5.74) is 29.5. The number of nitrogens with one attached hydrogen (secondary N) is 2. The van der Waals surface area contributed by atoms with Crippen LogP contribution >= 0.6 is 7.82 Å². The van der Waals surface area contributed by atoms with Crippen molar-refractivity contribution in [2.24, 2.45) is 83.1 Å². The summed E-state index contributed by atoms with van der Waals surface area (Å²) in [4.78, 5) is 129. The van der Waals surface area contributed by atoms with Crippen molar-refractivity contribution in [1.29, 1.82) is 5.26 Å². The van der Waals surface area contributed by atoms with Gasteiger partial charge in [-0.25, -0.2) is 4.98 Å². The summed E-state index contributed by atoms with van der Waals surface area (Å²) < 4.78 is 31.9. The Hall–Kier alpha value is -7.00. The van der Waals surface area contributed by atoms with Crippen LogP contribution in [0.5, 0.6) is 0 Å². The van der Waals surface area contributed by atoms with Crippen LogP contribution in [0.3, 0.4) is 0 Å². The minimum absolute atomic E-state index is 0. The van der Waals surface area contributed by atoms with Gasteiger partial charge in [-0.05, 0) is 119 Å². The molecule has 30 heteroatoms. The minimum Gasteiger partial charge on any atom is -0.756 e. The number of hydrogen-bond donors (Lipinski definition) is 9. The van der Waals surface area contributed by atoms with Crippen LogP contribution in [0.4, 0.5) is 0 Å². The molecule has 15 unspecified atom stereocenters. The van der Waals surface area contributed by atoms with Crippen LogP contribution in [0, 0.1) is 65.1 Å². The quantitative estimate of drug-likeness (QED) is 0.0538. The number of benzene rings is 1. The molecule has 7 amide bonds. The summed E-state index contributed by atoms with van der Waals surface area (Å²) in [6.07, 6.45) is -4.68. The number of carbonyl (C=O) groups excluding carboxylic acids is 7.